The number of rotatable bonds is 8. The van der Waals surface area contributed by atoms with Crippen LogP contribution in [0, 0.1) is 12.3 Å². The van der Waals surface area contributed by atoms with Crippen molar-refractivity contribution in [3.63, 3.8) is 0 Å². The number of hydrogen-bond acceptors (Lipinski definition) is 6. The molecular formula is C33H35NO6S. The molecule has 0 heterocycles. The van der Waals surface area contributed by atoms with Crippen LogP contribution >= 0.6 is 0 Å². The number of carbonyl (C=O) groups is 2. The Hall–Kier alpha value is -4.17. The van der Waals surface area contributed by atoms with Crippen LogP contribution in [0.2, 0.25) is 0 Å². The molecule has 1 aliphatic carbocycles. The van der Waals surface area contributed by atoms with Crippen LogP contribution < -0.4 is 4.72 Å². The van der Waals surface area contributed by atoms with Crippen molar-refractivity contribution >= 4 is 22.0 Å². The van der Waals surface area contributed by atoms with Crippen molar-refractivity contribution in [1.29, 1.82) is 0 Å². The molecule has 1 N–H and O–H groups in total. The summed E-state index contributed by atoms with van der Waals surface area (Å²) in [4.78, 5) is 27.4. The van der Waals surface area contributed by atoms with Crippen molar-refractivity contribution in [2.24, 2.45) is 5.41 Å². The van der Waals surface area contributed by atoms with Gasteiger partial charge in [-0.15, -0.1) is 0 Å². The van der Waals surface area contributed by atoms with E-state index in [1.165, 1.54) is 19.2 Å². The number of carbonyl (C=O) groups excluding carboxylic acids is 2. The summed E-state index contributed by atoms with van der Waals surface area (Å²) >= 11 is 0. The Morgan fingerprint density at radius 1 is 0.902 bits per heavy atom. The minimum atomic E-state index is -4.18. The fourth-order valence-electron chi connectivity index (χ4n) is 5.02. The lowest BCUT2D eigenvalue weighted by atomic mass is 9.69. The Kier molecular flexibility index (Phi) is 8.54. The quantitative estimate of drug-likeness (QED) is 0.277. The zero-order chi connectivity index (χ0) is 29.8. The van der Waals surface area contributed by atoms with Crippen molar-refractivity contribution in [3.8, 4) is 0 Å². The first-order valence-corrected chi connectivity index (χ1v) is 14.8. The number of allylic oxidation sites excluding steroid dienone is 2. The maximum absolute atomic E-state index is 14.2. The van der Waals surface area contributed by atoms with Gasteiger partial charge < -0.3 is 9.47 Å². The van der Waals surface area contributed by atoms with Gasteiger partial charge in [0.1, 0.15) is 16.7 Å². The molecule has 3 aromatic rings. The average Bonchev–Trinajstić information content (AvgIpc) is 3.31. The summed E-state index contributed by atoms with van der Waals surface area (Å²) in [6.07, 6.45) is 3.61. The maximum Gasteiger partial charge on any atom is 0.355 e. The van der Waals surface area contributed by atoms with Gasteiger partial charge in [0.15, 0.2) is 0 Å². The topological polar surface area (TPSA) is 98.8 Å². The number of ether oxygens (including phenoxy) is 2. The molecular weight excluding hydrogens is 538 g/mol. The van der Waals surface area contributed by atoms with Gasteiger partial charge in [0.25, 0.3) is 10.0 Å². The van der Waals surface area contributed by atoms with Crippen molar-refractivity contribution in [2.45, 2.75) is 50.5 Å². The molecule has 0 saturated heterocycles. The van der Waals surface area contributed by atoms with Crippen LogP contribution in [0.3, 0.4) is 0 Å². The summed E-state index contributed by atoms with van der Waals surface area (Å²) in [5.74, 6) is -2.13. The predicted molar refractivity (Wildman–Crippen MR) is 157 cm³/mol. The summed E-state index contributed by atoms with van der Waals surface area (Å²) in [5, 5.41) is 0. The Bertz CT molecular complexity index is 1570. The highest BCUT2D eigenvalue weighted by Gasteiger charge is 2.52. The highest BCUT2D eigenvalue weighted by molar-refractivity contribution is 7.89. The zero-order valence-corrected chi connectivity index (χ0v) is 24.7. The molecule has 0 fully saturated rings. The third-order valence-corrected chi connectivity index (χ3v) is 8.25. The van der Waals surface area contributed by atoms with Crippen molar-refractivity contribution in [2.75, 3.05) is 7.11 Å². The van der Waals surface area contributed by atoms with E-state index in [0.717, 1.165) is 11.1 Å². The van der Waals surface area contributed by atoms with Crippen LogP contribution in [-0.4, -0.2) is 33.1 Å². The monoisotopic (exact) mass is 573 g/mol. The Morgan fingerprint density at radius 2 is 1.49 bits per heavy atom. The van der Waals surface area contributed by atoms with Gasteiger partial charge in [0.2, 0.25) is 0 Å². The molecule has 0 aromatic heterocycles. The smallest absolute Gasteiger partial charge is 0.355 e. The Balaban J connectivity index is 1.95. The Labute approximate surface area is 241 Å². The molecule has 8 heteroatoms. The third-order valence-electron chi connectivity index (χ3n) is 6.88. The molecule has 0 bridgehead atoms. The maximum atomic E-state index is 14.2. The molecule has 41 heavy (non-hydrogen) atoms. The third kappa shape index (κ3) is 6.60. The second-order valence-electron chi connectivity index (χ2n) is 11.1. The summed E-state index contributed by atoms with van der Waals surface area (Å²) in [6.45, 7) is 7.24. The van der Waals surface area contributed by atoms with E-state index in [4.69, 9.17) is 9.47 Å². The molecule has 0 saturated carbocycles. The lowest BCUT2D eigenvalue weighted by molar-refractivity contribution is -0.165. The van der Waals surface area contributed by atoms with E-state index in [0.29, 0.717) is 11.1 Å². The number of methoxy groups -OCH3 is 1. The standard InChI is InChI=1S/C33H35NO6S/c1-23-16-18-26(19-17-23)41(37,38)34-29(30(35)39-5)27-20-21-33(31(36)40-32(2,3)4,22-24-12-8-6-9-13-24)28(27)25-14-10-7-11-15-25/h6-21,28,34H,22H2,1-5H3/b29-27+/t28-,33+/m0/s1. The molecule has 0 aliphatic heterocycles. The van der Waals surface area contributed by atoms with Crippen LogP contribution in [-0.2, 0) is 35.5 Å². The fourth-order valence-corrected chi connectivity index (χ4v) is 6.10. The van der Waals surface area contributed by atoms with E-state index >= 15 is 0 Å². The Morgan fingerprint density at radius 3 is 2.05 bits per heavy atom. The minimum Gasteiger partial charge on any atom is -0.464 e. The van der Waals surface area contributed by atoms with E-state index in [9.17, 15) is 18.0 Å². The van der Waals surface area contributed by atoms with Gasteiger partial charge in [0, 0.05) is 5.92 Å². The van der Waals surface area contributed by atoms with Crippen LogP contribution in [0.5, 0.6) is 0 Å². The van der Waals surface area contributed by atoms with Gasteiger partial charge in [-0.05, 0) is 62.9 Å². The fraction of sp³-hybridized carbons (Fsp3) is 0.273. The van der Waals surface area contributed by atoms with E-state index in [2.05, 4.69) is 4.72 Å². The summed E-state index contributed by atoms with van der Waals surface area (Å²) in [5.41, 5.74) is 0.439. The summed E-state index contributed by atoms with van der Waals surface area (Å²) in [7, 11) is -2.99. The molecule has 3 aromatic carbocycles. The van der Waals surface area contributed by atoms with E-state index < -0.39 is 38.9 Å². The lowest BCUT2D eigenvalue weighted by Gasteiger charge is -2.36. The number of esters is 2. The molecule has 4 rings (SSSR count). The predicted octanol–water partition coefficient (Wildman–Crippen LogP) is 5.62. The van der Waals surface area contributed by atoms with Crippen LogP contribution in [0.4, 0.5) is 0 Å². The lowest BCUT2D eigenvalue weighted by Crippen LogP contribution is -2.42. The number of sulfonamides is 1. The normalized spacial score (nSPS) is 19.9. The van der Waals surface area contributed by atoms with E-state index in [1.54, 1.807) is 45.1 Å². The van der Waals surface area contributed by atoms with Gasteiger partial charge in [0.05, 0.1) is 12.0 Å². The molecule has 2 atom stereocenters. The molecule has 214 valence electrons. The first-order valence-electron chi connectivity index (χ1n) is 13.3. The second kappa shape index (κ2) is 11.7. The number of nitrogens with one attached hydrogen (secondary N) is 1. The first-order chi connectivity index (χ1) is 19.4. The molecule has 0 radical (unpaired) electrons. The first kappa shape index (κ1) is 29.8. The van der Waals surface area contributed by atoms with Crippen LogP contribution in [0.15, 0.2) is 113 Å². The minimum absolute atomic E-state index is 0.00830. The van der Waals surface area contributed by atoms with Crippen molar-refractivity contribution in [1.82, 2.24) is 4.72 Å². The van der Waals surface area contributed by atoms with Gasteiger partial charge in [-0.2, -0.15) is 0 Å². The van der Waals surface area contributed by atoms with Gasteiger partial charge in [-0.3, -0.25) is 9.52 Å². The zero-order valence-electron chi connectivity index (χ0n) is 23.9. The second-order valence-corrected chi connectivity index (χ2v) is 12.8. The van der Waals surface area contributed by atoms with Gasteiger partial charge in [-0.25, -0.2) is 13.2 Å². The molecule has 0 amide bonds. The number of aryl methyl sites for hydroxylation is 1. The van der Waals surface area contributed by atoms with Crippen molar-refractivity contribution in [3.05, 3.63) is 125 Å². The average molecular weight is 574 g/mol. The molecule has 0 unspecified atom stereocenters. The SMILES string of the molecule is COC(=O)/C(NS(=O)(=O)c1ccc(C)cc1)=C1/C=C[C@](Cc2ccccc2)(C(=O)OC(C)(C)C)[C@H]1c1ccccc1. The molecule has 1 aliphatic rings. The summed E-state index contributed by atoms with van der Waals surface area (Å²) < 4.78 is 40.5. The van der Waals surface area contributed by atoms with Crippen molar-refractivity contribution < 1.29 is 27.5 Å². The van der Waals surface area contributed by atoms with Gasteiger partial charge in [-0.1, -0.05) is 90.5 Å². The van der Waals surface area contributed by atoms with Gasteiger partial charge >= 0.3 is 11.9 Å². The molecule has 7 nitrogen and oxygen atoms in total. The summed E-state index contributed by atoms with van der Waals surface area (Å²) in [6, 6.07) is 25.0. The van der Waals surface area contributed by atoms with E-state index in [-0.39, 0.29) is 17.0 Å². The highest BCUT2D eigenvalue weighted by Crippen LogP contribution is 2.52. The number of benzene rings is 3. The molecule has 0 spiro atoms. The van der Waals surface area contributed by atoms with Crippen LogP contribution in [0.25, 0.3) is 0 Å². The number of hydrogen-bond donors (Lipinski definition) is 1. The largest absolute Gasteiger partial charge is 0.464 e. The van der Waals surface area contributed by atoms with Crippen LogP contribution in [0.1, 0.15) is 43.4 Å². The van der Waals surface area contributed by atoms with E-state index in [1.807, 2.05) is 67.6 Å². The highest BCUT2D eigenvalue weighted by atomic mass is 32.2.